The standard InChI is InChI=1S/C76H53N3/c1-5-15-54(16-6-1)58-27-33-64(34-28-58)74-53-75(78-76(77-74)66-37-31-59(32-38-66)55-17-7-2-8-18-55)65-35-29-60(30-36-65)61-39-45-71(46-40-61)79(72-47-41-62(42-48-72)69-25-13-23-67(51-69)56-19-9-3-10-20-56)73-49-43-63(44-50-73)70-26-14-24-68(52-70)57-21-11-4-12-22-57/h1-53H. The van der Waals surface area contributed by atoms with Gasteiger partial charge in [-0.25, -0.2) is 9.97 Å². The maximum absolute atomic E-state index is 5.22. The third-order valence-electron chi connectivity index (χ3n) is 14.8. The summed E-state index contributed by atoms with van der Waals surface area (Å²) in [7, 11) is 0. The Labute approximate surface area is 462 Å². The average Bonchev–Trinajstić information content (AvgIpc) is 3.58. The van der Waals surface area contributed by atoms with Crippen molar-refractivity contribution in [1.29, 1.82) is 0 Å². The monoisotopic (exact) mass is 1010 g/mol. The number of rotatable bonds is 13. The highest BCUT2D eigenvalue weighted by Gasteiger charge is 2.16. The smallest absolute Gasteiger partial charge is 0.160 e. The van der Waals surface area contributed by atoms with Crippen molar-refractivity contribution in [1.82, 2.24) is 9.97 Å². The van der Waals surface area contributed by atoms with Crippen molar-refractivity contribution in [3.63, 3.8) is 0 Å². The van der Waals surface area contributed by atoms with Gasteiger partial charge in [-0.3, -0.25) is 0 Å². The van der Waals surface area contributed by atoms with E-state index in [1.807, 2.05) is 12.1 Å². The number of hydrogen-bond donors (Lipinski definition) is 0. The quantitative estimate of drug-likeness (QED) is 0.115. The van der Waals surface area contributed by atoms with Gasteiger partial charge in [-0.2, -0.15) is 0 Å². The van der Waals surface area contributed by atoms with E-state index in [0.717, 1.165) is 67.4 Å². The van der Waals surface area contributed by atoms with Crippen LogP contribution in [0.15, 0.2) is 322 Å². The first-order valence-corrected chi connectivity index (χ1v) is 26.9. The number of aromatic nitrogens is 2. The maximum atomic E-state index is 5.22. The third-order valence-corrected chi connectivity index (χ3v) is 14.8. The van der Waals surface area contributed by atoms with E-state index in [-0.39, 0.29) is 0 Å². The van der Waals surface area contributed by atoms with E-state index in [2.05, 4.69) is 314 Å². The van der Waals surface area contributed by atoms with Gasteiger partial charge in [-0.05, 0) is 132 Å². The first-order chi connectivity index (χ1) is 39.1. The van der Waals surface area contributed by atoms with Gasteiger partial charge in [0.2, 0.25) is 0 Å². The average molecular weight is 1010 g/mol. The summed E-state index contributed by atoms with van der Waals surface area (Å²) in [5.41, 5.74) is 24.4. The number of anilines is 3. The molecule has 1 heterocycles. The molecule has 3 heteroatoms. The molecule has 79 heavy (non-hydrogen) atoms. The summed E-state index contributed by atoms with van der Waals surface area (Å²) in [6, 6.07) is 115. The van der Waals surface area contributed by atoms with Gasteiger partial charge in [0, 0.05) is 33.8 Å². The summed E-state index contributed by atoms with van der Waals surface area (Å²) < 4.78 is 0. The second-order valence-corrected chi connectivity index (χ2v) is 19.8. The highest BCUT2D eigenvalue weighted by Crippen LogP contribution is 2.39. The van der Waals surface area contributed by atoms with Crippen LogP contribution in [0.25, 0.3) is 112 Å². The predicted octanol–water partition coefficient (Wildman–Crippen LogP) is 20.6. The van der Waals surface area contributed by atoms with Gasteiger partial charge >= 0.3 is 0 Å². The minimum absolute atomic E-state index is 0.683. The Hall–Kier alpha value is -10.5. The molecule has 0 unspecified atom stereocenters. The van der Waals surface area contributed by atoms with Crippen molar-refractivity contribution in [3.8, 4) is 112 Å². The molecule has 0 aliphatic rings. The fourth-order valence-electron chi connectivity index (χ4n) is 10.5. The van der Waals surface area contributed by atoms with E-state index < -0.39 is 0 Å². The molecule has 0 saturated carbocycles. The highest BCUT2D eigenvalue weighted by atomic mass is 15.1. The van der Waals surface area contributed by atoms with Gasteiger partial charge in [0.15, 0.2) is 5.82 Å². The minimum Gasteiger partial charge on any atom is -0.311 e. The fourth-order valence-corrected chi connectivity index (χ4v) is 10.5. The van der Waals surface area contributed by atoms with Crippen LogP contribution in [0.2, 0.25) is 0 Å². The van der Waals surface area contributed by atoms with E-state index in [9.17, 15) is 0 Å². The van der Waals surface area contributed by atoms with Crippen molar-refractivity contribution < 1.29 is 0 Å². The Kier molecular flexibility index (Phi) is 13.4. The van der Waals surface area contributed by atoms with Crippen LogP contribution in [-0.2, 0) is 0 Å². The van der Waals surface area contributed by atoms with Crippen LogP contribution in [0, 0.1) is 0 Å². The van der Waals surface area contributed by atoms with Gasteiger partial charge < -0.3 is 4.90 Å². The summed E-state index contributed by atoms with van der Waals surface area (Å²) >= 11 is 0. The molecule has 13 rings (SSSR count). The topological polar surface area (TPSA) is 29.0 Å². The second-order valence-electron chi connectivity index (χ2n) is 19.8. The van der Waals surface area contributed by atoms with E-state index in [1.165, 1.54) is 55.6 Å². The SMILES string of the molecule is c1ccc(-c2ccc(-c3cc(-c4ccc(-c5ccc(N(c6ccc(-c7cccc(-c8ccccc8)c7)cc6)c6ccc(-c7cccc(-c8ccccc8)c7)cc6)cc5)cc4)nc(-c4ccc(-c5ccccc5)cc4)n3)cc2)cc1. The normalized spacial score (nSPS) is 11.0. The molecular weight excluding hydrogens is 955 g/mol. The first-order valence-electron chi connectivity index (χ1n) is 26.9. The van der Waals surface area contributed by atoms with Crippen LogP contribution in [0.3, 0.4) is 0 Å². The number of hydrogen-bond acceptors (Lipinski definition) is 3. The van der Waals surface area contributed by atoms with Gasteiger partial charge in [0.05, 0.1) is 11.4 Å². The fraction of sp³-hybridized carbons (Fsp3) is 0. The summed E-state index contributed by atoms with van der Waals surface area (Å²) in [5.74, 6) is 0.683. The molecule has 372 valence electrons. The lowest BCUT2D eigenvalue weighted by Crippen LogP contribution is -2.09. The van der Waals surface area contributed by atoms with Crippen LogP contribution in [0.1, 0.15) is 0 Å². The lowest BCUT2D eigenvalue weighted by Gasteiger charge is -2.26. The first kappa shape index (κ1) is 48.2. The Balaban J connectivity index is 0.813. The Bertz CT molecular complexity index is 3920. The molecule has 3 nitrogen and oxygen atoms in total. The third kappa shape index (κ3) is 10.6. The van der Waals surface area contributed by atoms with Gasteiger partial charge in [-0.1, -0.05) is 267 Å². The lowest BCUT2D eigenvalue weighted by molar-refractivity contribution is 1.18. The maximum Gasteiger partial charge on any atom is 0.160 e. The molecule has 0 amide bonds. The number of benzene rings is 12. The highest BCUT2D eigenvalue weighted by molar-refractivity contribution is 5.84. The summed E-state index contributed by atoms with van der Waals surface area (Å²) in [6.07, 6.45) is 0. The molecular formula is C76H53N3. The van der Waals surface area contributed by atoms with E-state index in [0.29, 0.717) is 5.82 Å². The summed E-state index contributed by atoms with van der Waals surface area (Å²) in [5, 5.41) is 0. The van der Waals surface area contributed by atoms with Crippen LogP contribution >= 0.6 is 0 Å². The summed E-state index contributed by atoms with van der Waals surface area (Å²) in [6.45, 7) is 0. The molecule has 0 aliphatic heterocycles. The molecule has 13 aromatic rings. The molecule has 0 spiro atoms. The molecule has 0 saturated heterocycles. The van der Waals surface area contributed by atoms with E-state index in [4.69, 9.17) is 9.97 Å². The molecule has 0 fully saturated rings. The molecule has 12 aromatic carbocycles. The van der Waals surface area contributed by atoms with Crippen LogP contribution < -0.4 is 4.90 Å². The zero-order chi connectivity index (χ0) is 52.7. The van der Waals surface area contributed by atoms with Crippen molar-refractivity contribution in [2.75, 3.05) is 4.90 Å². The Morgan fingerprint density at radius 3 is 0.684 bits per heavy atom. The Morgan fingerprint density at radius 1 is 0.165 bits per heavy atom. The van der Waals surface area contributed by atoms with Crippen molar-refractivity contribution >= 4 is 17.1 Å². The van der Waals surface area contributed by atoms with Gasteiger partial charge in [0.25, 0.3) is 0 Å². The van der Waals surface area contributed by atoms with Crippen LogP contribution in [0.4, 0.5) is 17.1 Å². The molecule has 0 N–H and O–H groups in total. The zero-order valence-corrected chi connectivity index (χ0v) is 43.4. The predicted molar refractivity (Wildman–Crippen MR) is 331 cm³/mol. The van der Waals surface area contributed by atoms with Gasteiger partial charge in [-0.15, -0.1) is 0 Å². The minimum atomic E-state index is 0.683. The largest absolute Gasteiger partial charge is 0.311 e. The molecule has 1 aromatic heterocycles. The Morgan fingerprint density at radius 2 is 0.380 bits per heavy atom. The molecule has 0 aliphatic carbocycles. The van der Waals surface area contributed by atoms with Crippen LogP contribution in [-0.4, -0.2) is 9.97 Å². The number of nitrogens with zero attached hydrogens (tertiary/aromatic N) is 3. The molecule has 0 bridgehead atoms. The summed E-state index contributed by atoms with van der Waals surface area (Å²) in [4.78, 5) is 12.7. The van der Waals surface area contributed by atoms with Gasteiger partial charge in [0.1, 0.15) is 0 Å². The zero-order valence-electron chi connectivity index (χ0n) is 43.4. The molecule has 0 atom stereocenters. The molecule has 0 radical (unpaired) electrons. The van der Waals surface area contributed by atoms with E-state index >= 15 is 0 Å². The van der Waals surface area contributed by atoms with Crippen LogP contribution in [0.5, 0.6) is 0 Å². The van der Waals surface area contributed by atoms with E-state index in [1.54, 1.807) is 0 Å². The van der Waals surface area contributed by atoms with Crippen molar-refractivity contribution in [2.45, 2.75) is 0 Å². The van der Waals surface area contributed by atoms with Crippen molar-refractivity contribution in [3.05, 3.63) is 322 Å². The van der Waals surface area contributed by atoms with Crippen molar-refractivity contribution in [2.24, 2.45) is 0 Å². The lowest BCUT2D eigenvalue weighted by atomic mass is 9.98. The second kappa shape index (κ2) is 22.0.